The summed E-state index contributed by atoms with van der Waals surface area (Å²) in [4.78, 5) is 22.0. The Morgan fingerprint density at radius 1 is 1.29 bits per heavy atom. The molecule has 0 aliphatic carbocycles. The lowest BCUT2D eigenvalue weighted by atomic mass is 10.0. The fourth-order valence-electron chi connectivity index (χ4n) is 1.44. The summed E-state index contributed by atoms with van der Waals surface area (Å²) in [6, 6.07) is -0.449. The number of ether oxygens (including phenoxy) is 1. The summed E-state index contributed by atoms with van der Waals surface area (Å²) >= 11 is 0. The largest absolute Gasteiger partial charge is 0.550 e. The normalized spacial score (nSPS) is 13.3. The molecule has 0 unspecified atom stereocenters. The van der Waals surface area contributed by atoms with Crippen LogP contribution < -0.4 is 10.4 Å². The van der Waals surface area contributed by atoms with Crippen molar-refractivity contribution in [1.82, 2.24) is 5.32 Å². The second-order valence-electron chi connectivity index (χ2n) is 5.55. The van der Waals surface area contributed by atoms with Crippen molar-refractivity contribution in [3.63, 3.8) is 0 Å². The van der Waals surface area contributed by atoms with Gasteiger partial charge < -0.3 is 20.0 Å². The highest BCUT2D eigenvalue weighted by atomic mass is 16.6. The maximum Gasteiger partial charge on any atom is 0.407 e. The van der Waals surface area contributed by atoms with Crippen LogP contribution in [0.25, 0.3) is 0 Å². The van der Waals surface area contributed by atoms with Crippen molar-refractivity contribution in [2.75, 3.05) is 0 Å². The second kappa shape index (κ2) is 6.47. The van der Waals surface area contributed by atoms with Crippen LogP contribution in [-0.4, -0.2) is 23.7 Å². The van der Waals surface area contributed by atoms with Crippen LogP contribution in [0, 0.1) is 5.92 Å². The third-order valence-electron chi connectivity index (χ3n) is 1.89. The van der Waals surface area contributed by atoms with E-state index < -0.39 is 23.7 Å². The number of amides is 1. The van der Waals surface area contributed by atoms with Crippen LogP contribution in [0.1, 0.15) is 47.5 Å². The van der Waals surface area contributed by atoms with E-state index >= 15 is 0 Å². The molecule has 5 heteroatoms. The minimum Gasteiger partial charge on any atom is -0.550 e. The molecule has 0 saturated carbocycles. The zero-order chi connectivity index (χ0) is 13.6. The van der Waals surface area contributed by atoms with Crippen LogP contribution >= 0.6 is 0 Å². The molecule has 0 aromatic carbocycles. The lowest BCUT2D eigenvalue weighted by Gasteiger charge is -2.24. The van der Waals surface area contributed by atoms with Gasteiger partial charge in [0.2, 0.25) is 0 Å². The number of carbonyl (C=O) groups is 2. The van der Waals surface area contributed by atoms with Gasteiger partial charge in [-0.1, -0.05) is 13.8 Å². The van der Waals surface area contributed by atoms with Crippen molar-refractivity contribution >= 4 is 12.1 Å². The van der Waals surface area contributed by atoms with Crippen LogP contribution in [0.15, 0.2) is 0 Å². The first-order valence-electron chi connectivity index (χ1n) is 5.79. The molecule has 1 N–H and O–H groups in total. The molecule has 5 nitrogen and oxygen atoms in total. The van der Waals surface area contributed by atoms with E-state index in [0.717, 1.165) is 0 Å². The van der Waals surface area contributed by atoms with Crippen molar-refractivity contribution in [3.05, 3.63) is 0 Å². The minimum atomic E-state index is -1.17. The molecule has 0 aromatic rings. The van der Waals surface area contributed by atoms with Crippen LogP contribution in [-0.2, 0) is 9.53 Å². The lowest BCUT2D eigenvalue weighted by Crippen LogP contribution is -2.42. The van der Waals surface area contributed by atoms with E-state index in [1.54, 1.807) is 20.8 Å². The number of carbonyl (C=O) groups excluding carboxylic acids is 2. The van der Waals surface area contributed by atoms with E-state index in [9.17, 15) is 14.7 Å². The average Bonchev–Trinajstić information content (AvgIpc) is 1.95. The Morgan fingerprint density at radius 3 is 2.18 bits per heavy atom. The summed E-state index contributed by atoms with van der Waals surface area (Å²) in [5.41, 5.74) is -0.589. The van der Waals surface area contributed by atoms with Gasteiger partial charge in [0.15, 0.2) is 0 Å². The number of hydrogen-bond acceptors (Lipinski definition) is 4. The predicted octanol–water partition coefficient (Wildman–Crippen LogP) is 1.07. The first-order chi connectivity index (χ1) is 7.60. The van der Waals surface area contributed by atoms with E-state index in [1.165, 1.54) is 0 Å². The summed E-state index contributed by atoms with van der Waals surface area (Å²) < 4.78 is 5.07. The second-order valence-corrected chi connectivity index (χ2v) is 5.55. The average molecular weight is 244 g/mol. The third kappa shape index (κ3) is 9.66. The van der Waals surface area contributed by atoms with Crippen LogP contribution in [0.5, 0.6) is 0 Å². The van der Waals surface area contributed by atoms with Gasteiger partial charge in [0.25, 0.3) is 0 Å². The van der Waals surface area contributed by atoms with Crippen LogP contribution in [0.3, 0.4) is 0 Å². The van der Waals surface area contributed by atoms with Gasteiger partial charge in [0, 0.05) is 18.4 Å². The molecule has 0 aliphatic heterocycles. The zero-order valence-electron chi connectivity index (χ0n) is 11.2. The van der Waals surface area contributed by atoms with Gasteiger partial charge in [-0.15, -0.1) is 0 Å². The first kappa shape index (κ1) is 15.7. The molecule has 0 fully saturated rings. The Balaban J connectivity index is 4.32. The molecule has 0 radical (unpaired) electrons. The van der Waals surface area contributed by atoms with E-state index in [2.05, 4.69) is 5.32 Å². The van der Waals surface area contributed by atoms with E-state index in [0.29, 0.717) is 6.42 Å². The Morgan fingerprint density at radius 2 is 1.82 bits per heavy atom. The monoisotopic (exact) mass is 244 g/mol. The molecule has 0 saturated heterocycles. The Bertz CT molecular complexity index is 268. The van der Waals surface area contributed by atoms with Crippen LogP contribution in [0.2, 0.25) is 0 Å². The van der Waals surface area contributed by atoms with Crippen molar-refractivity contribution in [1.29, 1.82) is 0 Å². The van der Waals surface area contributed by atoms with E-state index in [1.807, 2.05) is 13.8 Å². The van der Waals surface area contributed by atoms with Gasteiger partial charge in [0.05, 0.1) is 0 Å². The number of aliphatic carboxylic acids is 1. The minimum absolute atomic E-state index is 0.197. The molecular formula is C12H22NO4-. The molecule has 0 spiro atoms. The van der Waals surface area contributed by atoms with Crippen molar-refractivity contribution in [2.45, 2.75) is 59.1 Å². The standard InChI is InChI=1S/C12H23NO4/c1-8(2)6-9(7-10(14)15)13-11(16)17-12(3,4)5/h8-9H,6-7H2,1-5H3,(H,13,16)(H,14,15)/p-1/t9-/m0/s1. The molecule has 1 amide bonds. The smallest absolute Gasteiger partial charge is 0.407 e. The Hall–Kier alpha value is -1.26. The maximum absolute atomic E-state index is 11.5. The van der Waals surface area contributed by atoms with Crippen molar-refractivity contribution in [2.24, 2.45) is 5.92 Å². The topological polar surface area (TPSA) is 78.5 Å². The summed E-state index contributed by atoms with van der Waals surface area (Å²) in [7, 11) is 0. The molecule has 17 heavy (non-hydrogen) atoms. The molecular weight excluding hydrogens is 222 g/mol. The third-order valence-corrected chi connectivity index (χ3v) is 1.89. The SMILES string of the molecule is CC(C)C[C@@H](CC(=O)[O-])NC(=O)OC(C)(C)C. The van der Waals surface area contributed by atoms with E-state index in [-0.39, 0.29) is 12.3 Å². The summed E-state index contributed by atoms with van der Waals surface area (Å²) in [6.45, 7) is 9.17. The zero-order valence-corrected chi connectivity index (χ0v) is 11.2. The van der Waals surface area contributed by atoms with Gasteiger partial charge in [-0.3, -0.25) is 0 Å². The number of carboxylic acids is 1. The Kier molecular flexibility index (Phi) is 5.99. The maximum atomic E-state index is 11.5. The van der Waals surface area contributed by atoms with E-state index in [4.69, 9.17) is 4.74 Å². The number of rotatable bonds is 5. The van der Waals surface area contributed by atoms with Gasteiger partial charge in [-0.2, -0.15) is 0 Å². The molecule has 0 heterocycles. The molecule has 0 bridgehead atoms. The molecule has 0 aliphatic rings. The quantitative estimate of drug-likeness (QED) is 0.784. The highest BCUT2D eigenvalue weighted by Crippen LogP contribution is 2.10. The predicted molar refractivity (Wildman–Crippen MR) is 62.2 cm³/mol. The molecule has 100 valence electrons. The van der Waals surface area contributed by atoms with Crippen molar-refractivity contribution in [3.8, 4) is 0 Å². The van der Waals surface area contributed by atoms with Crippen LogP contribution in [0.4, 0.5) is 4.79 Å². The van der Waals surface area contributed by atoms with Gasteiger partial charge in [-0.05, 0) is 33.1 Å². The number of nitrogens with one attached hydrogen (secondary N) is 1. The Labute approximate surface area is 103 Å². The number of carboxylic acid groups (broad SMARTS) is 1. The lowest BCUT2D eigenvalue weighted by molar-refractivity contribution is -0.306. The number of hydrogen-bond donors (Lipinski definition) is 1. The highest BCUT2D eigenvalue weighted by molar-refractivity contribution is 5.70. The molecule has 0 rings (SSSR count). The van der Waals surface area contributed by atoms with Gasteiger partial charge in [0.1, 0.15) is 5.60 Å². The summed E-state index contributed by atoms with van der Waals surface area (Å²) in [6.07, 6.45) is -0.214. The summed E-state index contributed by atoms with van der Waals surface area (Å²) in [5, 5.41) is 13.1. The molecule has 0 aromatic heterocycles. The fourth-order valence-corrected chi connectivity index (χ4v) is 1.44. The van der Waals surface area contributed by atoms with Gasteiger partial charge in [-0.25, -0.2) is 4.79 Å². The fraction of sp³-hybridized carbons (Fsp3) is 0.833. The first-order valence-corrected chi connectivity index (χ1v) is 5.79. The number of alkyl carbamates (subject to hydrolysis) is 1. The summed E-state index contributed by atoms with van der Waals surface area (Å²) in [5.74, 6) is -0.888. The van der Waals surface area contributed by atoms with Gasteiger partial charge >= 0.3 is 6.09 Å². The highest BCUT2D eigenvalue weighted by Gasteiger charge is 2.20. The van der Waals surface area contributed by atoms with Crippen molar-refractivity contribution < 1.29 is 19.4 Å². The molecule has 1 atom stereocenters.